The van der Waals surface area contributed by atoms with Gasteiger partial charge in [-0.1, -0.05) is 72.2 Å². The first-order valence-electron chi connectivity index (χ1n) is 14.6. The number of para-hydroxylation sites is 1. The van der Waals surface area contributed by atoms with E-state index in [0.29, 0.717) is 12.8 Å². The predicted molar refractivity (Wildman–Crippen MR) is 177 cm³/mol. The highest BCUT2D eigenvalue weighted by Crippen LogP contribution is 2.26. The molecule has 0 radical (unpaired) electrons. The van der Waals surface area contributed by atoms with Crippen LogP contribution in [-0.2, 0) is 30.6 Å². The highest BCUT2D eigenvalue weighted by atomic mass is 79.9. The summed E-state index contributed by atoms with van der Waals surface area (Å²) in [5.74, 6) is -2.65. The standard InChI is InChI=1S/C34H38BrN3O5S/c1-22(2)16-25(32(39)18-26(34(41)36-3)17-27-20-37-31-7-5-4-6-30(27)31)19-33(40)38-21-44(42,43)29-14-10-24(11-15-29)23-8-12-28(35)13-9-23/h4-15,20,22,25-26,37H,16-19,21H2,1-3H3,(H,36,41)(H,38,40)/t25-,26-/m1/s1. The van der Waals surface area contributed by atoms with Crippen molar-refractivity contribution in [2.75, 3.05) is 12.9 Å². The van der Waals surface area contributed by atoms with Gasteiger partial charge in [0.2, 0.25) is 11.8 Å². The molecule has 4 aromatic rings. The van der Waals surface area contributed by atoms with Crippen molar-refractivity contribution in [1.29, 1.82) is 0 Å². The van der Waals surface area contributed by atoms with E-state index in [2.05, 4.69) is 31.5 Å². The first-order chi connectivity index (χ1) is 21.0. The van der Waals surface area contributed by atoms with Crippen LogP contribution >= 0.6 is 15.9 Å². The van der Waals surface area contributed by atoms with E-state index in [1.807, 2.05) is 68.6 Å². The molecule has 1 aromatic heterocycles. The molecule has 0 aliphatic heterocycles. The van der Waals surface area contributed by atoms with Crippen LogP contribution in [0.25, 0.3) is 22.0 Å². The molecule has 232 valence electrons. The molecule has 44 heavy (non-hydrogen) atoms. The Hall–Kier alpha value is -3.76. The molecule has 0 aliphatic carbocycles. The Labute approximate surface area is 267 Å². The third-order valence-corrected chi connectivity index (χ3v) is 9.74. The number of rotatable bonds is 14. The molecular formula is C34H38BrN3O5S. The summed E-state index contributed by atoms with van der Waals surface area (Å²) in [6.45, 7) is 3.92. The van der Waals surface area contributed by atoms with Gasteiger partial charge in [-0.05, 0) is 65.8 Å². The van der Waals surface area contributed by atoms with Crippen molar-refractivity contribution in [2.45, 2.75) is 44.4 Å². The molecule has 0 spiro atoms. The van der Waals surface area contributed by atoms with Crippen LogP contribution in [-0.4, -0.2) is 43.9 Å². The molecule has 0 aliphatic rings. The molecule has 0 saturated heterocycles. The summed E-state index contributed by atoms with van der Waals surface area (Å²) >= 11 is 3.41. The summed E-state index contributed by atoms with van der Waals surface area (Å²) in [7, 11) is -2.26. The van der Waals surface area contributed by atoms with Crippen LogP contribution in [0, 0.1) is 17.8 Å². The highest BCUT2D eigenvalue weighted by Gasteiger charge is 2.29. The Kier molecular flexibility index (Phi) is 11.2. The fourth-order valence-electron chi connectivity index (χ4n) is 5.39. The lowest BCUT2D eigenvalue weighted by Crippen LogP contribution is -2.35. The van der Waals surface area contributed by atoms with Crippen molar-refractivity contribution in [3.05, 3.63) is 89.0 Å². The number of benzene rings is 3. The zero-order valence-corrected chi connectivity index (χ0v) is 27.5. The Morgan fingerprint density at radius 2 is 1.50 bits per heavy atom. The SMILES string of the molecule is CNC(=O)[C@@H](CC(=O)[C@@H](CC(=O)NCS(=O)(=O)c1ccc(-c2ccc(Br)cc2)cc1)CC(C)C)Cc1c[nH]c2ccccc12. The minimum Gasteiger partial charge on any atom is -0.361 e. The average molecular weight is 681 g/mol. The van der Waals surface area contributed by atoms with Crippen molar-refractivity contribution >= 4 is 54.3 Å². The van der Waals surface area contributed by atoms with Gasteiger partial charge in [0.15, 0.2) is 9.84 Å². The first-order valence-corrected chi connectivity index (χ1v) is 17.1. The largest absolute Gasteiger partial charge is 0.361 e. The lowest BCUT2D eigenvalue weighted by molar-refractivity contribution is -0.133. The second-order valence-corrected chi connectivity index (χ2v) is 14.4. The average Bonchev–Trinajstić information content (AvgIpc) is 3.42. The molecule has 0 bridgehead atoms. The molecule has 1 heterocycles. The fourth-order valence-corrected chi connectivity index (χ4v) is 6.72. The van der Waals surface area contributed by atoms with Gasteiger partial charge in [-0.2, -0.15) is 0 Å². The number of halogens is 1. The van der Waals surface area contributed by atoms with E-state index in [0.717, 1.165) is 32.1 Å². The topological polar surface area (TPSA) is 125 Å². The van der Waals surface area contributed by atoms with Crippen LogP contribution in [0.5, 0.6) is 0 Å². The Balaban J connectivity index is 1.39. The molecule has 2 atom stereocenters. The molecular weight excluding hydrogens is 642 g/mol. The molecule has 2 amide bonds. The monoisotopic (exact) mass is 679 g/mol. The third kappa shape index (κ3) is 8.66. The maximum atomic E-state index is 13.5. The number of H-pyrrole nitrogens is 1. The van der Waals surface area contributed by atoms with Crippen LogP contribution < -0.4 is 10.6 Å². The zero-order valence-electron chi connectivity index (χ0n) is 25.1. The number of fused-ring (bicyclic) bond motifs is 1. The summed E-state index contributed by atoms with van der Waals surface area (Å²) in [5.41, 5.74) is 3.71. The summed E-state index contributed by atoms with van der Waals surface area (Å²) in [6.07, 6.45) is 2.51. The first kappa shape index (κ1) is 33.1. The van der Waals surface area contributed by atoms with E-state index in [4.69, 9.17) is 0 Å². The molecule has 3 N–H and O–H groups in total. The molecule has 0 fully saturated rings. The van der Waals surface area contributed by atoms with Gasteiger partial charge in [0, 0.05) is 53.3 Å². The van der Waals surface area contributed by atoms with Crippen LogP contribution in [0.1, 0.15) is 38.7 Å². The normalized spacial score (nSPS) is 13.0. The van der Waals surface area contributed by atoms with Gasteiger partial charge in [0.1, 0.15) is 11.7 Å². The molecule has 10 heteroatoms. The zero-order chi connectivity index (χ0) is 31.9. The van der Waals surface area contributed by atoms with E-state index >= 15 is 0 Å². The molecule has 0 unspecified atom stereocenters. The number of hydrogen-bond acceptors (Lipinski definition) is 5. The van der Waals surface area contributed by atoms with Crippen LogP contribution in [0.3, 0.4) is 0 Å². The van der Waals surface area contributed by atoms with Gasteiger partial charge >= 0.3 is 0 Å². The Bertz CT molecular complexity index is 1710. The molecule has 8 nitrogen and oxygen atoms in total. The smallest absolute Gasteiger partial charge is 0.223 e. The number of aromatic amines is 1. The summed E-state index contributed by atoms with van der Waals surface area (Å²) < 4.78 is 26.9. The summed E-state index contributed by atoms with van der Waals surface area (Å²) in [5, 5.41) is 6.17. The Morgan fingerprint density at radius 1 is 0.864 bits per heavy atom. The number of carbonyl (C=O) groups excluding carboxylic acids is 3. The van der Waals surface area contributed by atoms with Gasteiger partial charge in [-0.25, -0.2) is 8.42 Å². The van der Waals surface area contributed by atoms with E-state index in [1.54, 1.807) is 19.2 Å². The van der Waals surface area contributed by atoms with E-state index in [9.17, 15) is 22.8 Å². The fraction of sp³-hybridized carbons (Fsp3) is 0.324. The maximum Gasteiger partial charge on any atom is 0.223 e. The van der Waals surface area contributed by atoms with Crippen LogP contribution in [0.15, 0.2) is 88.4 Å². The number of aromatic nitrogens is 1. The minimum absolute atomic E-state index is 0.0210. The second kappa shape index (κ2) is 14.8. The van der Waals surface area contributed by atoms with Gasteiger partial charge in [-0.3, -0.25) is 14.4 Å². The highest BCUT2D eigenvalue weighted by molar-refractivity contribution is 9.10. The van der Waals surface area contributed by atoms with E-state index < -0.39 is 33.5 Å². The van der Waals surface area contributed by atoms with Crippen LogP contribution in [0.4, 0.5) is 0 Å². The quantitative estimate of drug-likeness (QED) is 0.149. The van der Waals surface area contributed by atoms with Crippen LogP contribution in [0.2, 0.25) is 0 Å². The van der Waals surface area contributed by atoms with Crippen molar-refractivity contribution in [3.63, 3.8) is 0 Å². The van der Waals surface area contributed by atoms with Gasteiger partial charge in [-0.15, -0.1) is 0 Å². The molecule has 3 aromatic carbocycles. The predicted octanol–water partition coefficient (Wildman–Crippen LogP) is 6.06. The number of nitrogens with one attached hydrogen (secondary N) is 3. The minimum atomic E-state index is -3.80. The number of ketones is 1. The molecule has 0 saturated carbocycles. The van der Waals surface area contributed by atoms with Crippen molar-refractivity contribution in [1.82, 2.24) is 15.6 Å². The molecule has 4 rings (SSSR count). The summed E-state index contributed by atoms with van der Waals surface area (Å²) in [4.78, 5) is 42.6. The number of sulfone groups is 1. The van der Waals surface area contributed by atoms with Gasteiger partial charge < -0.3 is 15.6 Å². The number of carbonyl (C=O) groups is 3. The number of hydrogen-bond donors (Lipinski definition) is 3. The van der Waals surface area contributed by atoms with Crippen molar-refractivity contribution in [3.8, 4) is 11.1 Å². The lowest BCUT2D eigenvalue weighted by atomic mass is 9.84. The van der Waals surface area contributed by atoms with Crippen molar-refractivity contribution in [2.24, 2.45) is 17.8 Å². The number of Topliss-reactive ketones (excluding diaryl/α,β-unsaturated/α-hetero) is 1. The summed E-state index contributed by atoms with van der Waals surface area (Å²) in [6, 6.07) is 22.0. The van der Waals surface area contributed by atoms with E-state index in [1.165, 1.54) is 12.1 Å². The van der Waals surface area contributed by atoms with Crippen molar-refractivity contribution < 1.29 is 22.8 Å². The van der Waals surface area contributed by atoms with E-state index in [-0.39, 0.29) is 35.3 Å². The maximum absolute atomic E-state index is 13.5. The number of amides is 2. The Morgan fingerprint density at radius 3 is 2.14 bits per heavy atom. The lowest BCUT2D eigenvalue weighted by Gasteiger charge is -2.21. The third-order valence-electron chi connectivity index (χ3n) is 7.70. The second-order valence-electron chi connectivity index (χ2n) is 11.5. The van der Waals surface area contributed by atoms with Gasteiger partial charge in [0.05, 0.1) is 4.90 Å². The van der Waals surface area contributed by atoms with Gasteiger partial charge in [0.25, 0.3) is 0 Å².